The number of oxazole rings is 1. The molecule has 0 aliphatic heterocycles. The smallest absolute Gasteiger partial charge is 0.196 e. The van der Waals surface area contributed by atoms with E-state index in [1.165, 1.54) is 12.8 Å². The van der Waals surface area contributed by atoms with Crippen molar-refractivity contribution >= 4 is 0 Å². The number of hydrogen-bond acceptors (Lipinski definition) is 4. The first-order chi connectivity index (χ1) is 9.35. The fourth-order valence-electron chi connectivity index (χ4n) is 1.99. The number of nitrogens with one attached hydrogen (secondary N) is 1. The Morgan fingerprint density at radius 1 is 1.32 bits per heavy atom. The molecule has 0 bridgehead atoms. The molecule has 1 N–H and O–H groups in total. The lowest BCUT2D eigenvalue weighted by molar-refractivity contribution is 0.415. The molecule has 19 heavy (non-hydrogen) atoms. The lowest BCUT2D eigenvalue weighted by Gasteiger charge is -2.00. The van der Waals surface area contributed by atoms with E-state index in [1.54, 1.807) is 13.3 Å². The lowest BCUT2D eigenvalue weighted by atomic mass is 10.2. The number of aromatic nitrogens is 1. The first-order valence-corrected chi connectivity index (χ1v) is 6.67. The molecule has 4 heteroatoms. The average Bonchev–Trinajstić information content (AvgIpc) is 3.15. The average molecular weight is 258 g/mol. The van der Waals surface area contributed by atoms with Crippen molar-refractivity contribution in [2.24, 2.45) is 0 Å². The Morgan fingerprint density at radius 3 is 2.79 bits per heavy atom. The van der Waals surface area contributed by atoms with Crippen LogP contribution in [-0.2, 0) is 6.42 Å². The van der Waals surface area contributed by atoms with Gasteiger partial charge in [0.15, 0.2) is 11.7 Å². The molecule has 1 fully saturated rings. The van der Waals surface area contributed by atoms with Gasteiger partial charge in [-0.1, -0.05) is 0 Å². The van der Waals surface area contributed by atoms with E-state index >= 15 is 0 Å². The predicted molar refractivity (Wildman–Crippen MR) is 73.2 cm³/mol. The van der Waals surface area contributed by atoms with Crippen LogP contribution >= 0.6 is 0 Å². The van der Waals surface area contributed by atoms with Crippen molar-refractivity contribution in [2.75, 3.05) is 13.7 Å². The minimum Gasteiger partial charge on any atom is -0.497 e. The van der Waals surface area contributed by atoms with E-state index in [4.69, 9.17) is 9.15 Å². The highest BCUT2D eigenvalue weighted by Crippen LogP contribution is 2.23. The Kier molecular flexibility index (Phi) is 3.51. The molecule has 4 nitrogen and oxygen atoms in total. The summed E-state index contributed by atoms with van der Waals surface area (Å²) < 4.78 is 10.9. The Morgan fingerprint density at radius 2 is 2.11 bits per heavy atom. The number of ether oxygens (including phenoxy) is 1. The summed E-state index contributed by atoms with van der Waals surface area (Å²) >= 11 is 0. The number of benzene rings is 1. The van der Waals surface area contributed by atoms with Gasteiger partial charge in [-0.15, -0.1) is 0 Å². The molecule has 1 aliphatic carbocycles. The molecule has 0 radical (unpaired) electrons. The molecule has 0 saturated heterocycles. The highest BCUT2D eigenvalue weighted by Gasteiger charge is 2.20. The van der Waals surface area contributed by atoms with Crippen LogP contribution in [0.1, 0.15) is 18.7 Å². The van der Waals surface area contributed by atoms with E-state index < -0.39 is 0 Å². The van der Waals surface area contributed by atoms with Crippen LogP contribution in [0.4, 0.5) is 0 Å². The van der Waals surface area contributed by atoms with Crippen molar-refractivity contribution in [3.8, 4) is 17.1 Å². The van der Waals surface area contributed by atoms with Gasteiger partial charge < -0.3 is 14.5 Å². The summed E-state index contributed by atoms with van der Waals surface area (Å²) in [7, 11) is 1.66. The van der Waals surface area contributed by atoms with Gasteiger partial charge in [0.2, 0.25) is 0 Å². The van der Waals surface area contributed by atoms with Crippen LogP contribution in [0.15, 0.2) is 34.9 Å². The SMILES string of the molecule is COc1ccc(-c2cnc(CCNC3CC3)o2)cc1. The Hall–Kier alpha value is -1.81. The van der Waals surface area contributed by atoms with Crippen LogP contribution in [-0.4, -0.2) is 24.7 Å². The molecule has 1 aliphatic rings. The van der Waals surface area contributed by atoms with Gasteiger partial charge in [-0.05, 0) is 37.1 Å². The maximum absolute atomic E-state index is 5.75. The fourth-order valence-corrected chi connectivity index (χ4v) is 1.99. The minimum absolute atomic E-state index is 0.732. The van der Waals surface area contributed by atoms with E-state index in [2.05, 4.69) is 10.3 Å². The first kappa shape index (κ1) is 12.2. The largest absolute Gasteiger partial charge is 0.497 e. The van der Waals surface area contributed by atoms with Gasteiger partial charge in [0.05, 0.1) is 13.3 Å². The van der Waals surface area contributed by atoms with Crippen LogP contribution in [0.5, 0.6) is 5.75 Å². The van der Waals surface area contributed by atoms with E-state index in [-0.39, 0.29) is 0 Å². The molecule has 1 heterocycles. The van der Waals surface area contributed by atoms with Crippen LogP contribution < -0.4 is 10.1 Å². The predicted octanol–water partition coefficient (Wildman–Crippen LogP) is 2.64. The van der Waals surface area contributed by atoms with Gasteiger partial charge in [0.1, 0.15) is 5.75 Å². The van der Waals surface area contributed by atoms with Gasteiger partial charge in [0, 0.05) is 24.6 Å². The molecule has 0 amide bonds. The summed E-state index contributed by atoms with van der Waals surface area (Å²) in [5, 5.41) is 3.45. The van der Waals surface area contributed by atoms with Crippen LogP contribution in [0.25, 0.3) is 11.3 Å². The zero-order valence-corrected chi connectivity index (χ0v) is 11.1. The Labute approximate surface area is 112 Å². The summed E-state index contributed by atoms with van der Waals surface area (Å²) in [6, 6.07) is 8.53. The van der Waals surface area contributed by atoms with Crippen molar-refractivity contribution in [1.82, 2.24) is 10.3 Å². The number of nitrogens with zero attached hydrogens (tertiary/aromatic N) is 1. The maximum Gasteiger partial charge on any atom is 0.196 e. The van der Waals surface area contributed by atoms with Gasteiger partial charge in [-0.2, -0.15) is 0 Å². The van der Waals surface area contributed by atoms with Crippen molar-refractivity contribution in [2.45, 2.75) is 25.3 Å². The van der Waals surface area contributed by atoms with Gasteiger partial charge in [-0.3, -0.25) is 0 Å². The lowest BCUT2D eigenvalue weighted by Crippen LogP contribution is -2.19. The highest BCUT2D eigenvalue weighted by molar-refractivity contribution is 5.57. The minimum atomic E-state index is 0.732. The third kappa shape index (κ3) is 3.15. The molecule has 1 aromatic heterocycles. The van der Waals surface area contributed by atoms with Gasteiger partial charge in [-0.25, -0.2) is 4.98 Å². The first-order valence-electron chi connectivity index (χ1n) is 6.67. The molecule has 2 aromatic rings. The fraction of sp³-hybridized carbons (Fsp3) is 0.400. The third-order valence-electron chi connectivity index (χ3n) is 3.28. The Balaban J connectivity index is 1.61. The quantitative estimate of drug-likeness (QED) is 0.865. The van der Waals surface area contributed by atoms with Crippen molar-refractivity contribution < 1.29 is 9.15 Å². The molecule has 100 valence electrons. The summed E-state index contributed by atoms with van der Waals surface area (Å²) in [4.78, 5) is 4.31. The topological polar surface area (TPSA) is 47.3 Å². The second-order valence-corrected chi connectivity index (χ2v) is 4.83. The van der Waals surface area contributed by atoms with Gasteiger partial charge >= 0.3 is 0 Å². The summed E-state index contributed by atoms with van der Waals surface area (Å²) in [6.07, 6.45) is 5.24. The summed E-state index contributed by atoms with van der Waals surface area (Å²) in [6.45, 7) is 0.938. The molecule has 3 rings (SSSR count). The highest BCUT2D eigenvalue weighted by atomic mass is 16.5. The molecular weight excluding hydrogens is 240 g/mol. The number of hydrogen-bond donors (Lipinski definition) is 1. The second kappa shape index (κ2) is 5.45. The molecule has 0 atom stereocenters. The van der Waals surface area contributed by atoms with E-state index in [1.807, 2.05) is 24.3 Å². The summed E-state index contributed by atoms with van der Waals surface area (Å²) in [5.74, 6) is 2.44. The molecular formula is C15H18N2O2. The van der Waals surface area contributed by atoms with Crippen molar-refractivity contribution in [3.63, 3.8) is 0 Å². The van der Waals surface area contributed by atoms with Crippen molar-refractivity contribution in [3.05, 3.63) is 36.4 Å². The normalized spacial score (nSPS) is 14.6. The number of rotatable bonds is 6. The van der Waals surface area contributed by atoms with E-state index in [0.29, 0.717) is 0 Å². The zero-order valence-electron chi connectivity index (χ0n) is 11.1. The number of methoxy groups -OCH3 is 1. The molecule has 1 saturated carbocycles. The van der Waals surface area contributed by atoms with Crippen LogP contribution in [0, 0.1) is 0 Å². The Bertz CT molecular complexity index is 529. The summed E-state index contributed by atoms with van der Waals surface area (Å²) in [5.41, 5.74) is 1.02. The van der Waals surface area contributed by atoms with Gasteiger partial charge in [0.25, 0.3) is 0 Å². The zero-order chi connectivity index (χ0) is 13.1. The van der Waals surface area contributed by atoms with Crippen LogP contribution in [0.3, 0.4) is 0 Å². The maximum atomic E-state index is 5.75. The monoisotopic (exact) mass is 258 g/mol. The standard InChI is InChI=1S/C15H18N2O2/c1-18-13-6-2-11(3-7-13)14-10-17-15(19-14)8-9-16-12-4-5-12/h2-3,6-7,10,12,16H,4-5,8-9H2,1H3. The molecule has 0 spiro atoms. The molecule has 0 unspecified atom stereocenters. The third-order valence-corrected chi connectivity index (χ3v) is 3.28. The van der Waals surface area contributed by atoms with E-state index in [0.717, 1.165) is 42.0 Å². The van der Waals surface area contributed by atoms with Crippen LogP contribution in [0.2, 0.25) is 0 Å². The van der Waals surface area contributed by atoms with E-state index in [9.17, 15) is 0 Å². The second-order valence-electron chi connectivity index (χ2n) is 4.83. The van der Waals surface area contributed by atoms with Crippen molar-refractivity contribution in [1.29, 1.82) is 0 Å². The molecule has 1 aromatic carbocycles.